The van der Waals surface area contributed by atoms with Crippen LogP contribution in [0, 0.1) is 6.92 Å². The Bertz CT molecular complexity index is 1110. The summed E-state index contributed by atoms with van der Waals surface area (Å²) in [4.78, 5) is 26.1. The van der Waals surface area contributed by atoms with Crippen molar-refractivity contribution in [3.63, 3.8) is 0 Å². The minimum Gasteiger partial charge on any atom is -0.352 e. The van der Waals surface area contributed by atoms with Crippen LogP contribution in [0.1, 0.15) is 53.6 Å². The average Bonchev–Trinajstić information content (AvgIpc) is 3.64. The Balaban J connectivity index is 1.55. The Morgan fingerprint density at radius 2 is 1.73 bits per heavy atom. The molecule has 0 bridgehead atoms. The van der Waals surface area contributed by atoms with Gasteiger partial charge in [0.25, 0.3) is 5.91 Å². The topological polar surface area (TPSA) is 95.6 Å². The van der Waals surface area contributed by atoms with E-state index in [1.807, 2.05) is 30.3 Å². The van der Waals surface area contributed by atoms with Crippen LogP contribution in [0.25, 0.3) is 0 Å². The number of hydrogen-bond acceptors (Lipinski definition) is 4. The maximum atomic E-state index is 13.2. The number of rotatable bonds is 8. The molecule has 1 heterocycles. The molecule has 2 fully saturated rings. The molecule has 1 aliphatic carbocycles. The Labute approximate surface area is 195 Å². The Hall–Kier alpha value is -2.71. The van der Waals surface area contributed by atoms with Crippen molar-refractivity contribution in [2.24, 2.45) is 0 Å². The number of hydrogen-bond donors (Lipinski definition) is 2. The van der Waals surface area contributed by atoms with E-state index in [0.717, 1.165) is 37.7 Å². The van der Waals surface area contributed by atoms with Gasteiger partial charge in [0, 0.05) is 31.1 Å². The monoisotopic (exact) mass is 469 g/mol. The molecule has 33 heavy (non-hydrogen) atoms. The summed E-state index contributed by atoms with van der Waals surface area (Å²) >= 11 is 0. The molecule has 1 aliphatic heterocycles. The molecule has 1 saturated heterocycles. The number of carbonyl (C=O) groups excluding carboxylic acids is 2. The zero-order chi connectivity index (χ0) is 23.4. The molecule has 2 N–H and O–H groups in total. The standard InChI is InChI=1S/C25H31N3O4S/c1-18-10-11-20(17-23(18)33(31,32)28-14-6-3-7-15-28)24(29)27-22(25(30)26-21-12-13-21)16-19-8-4-2-5-9-19/h2,4-5,8-11,17,21-22H,3,6-7,12-16H2,1H3,(H,26,30)(H,27,29). The van der Waals surface area contributed by atoms with Gasteiger partial charge in [-0.1, -0.05) is 42.8 Å². The fourth-order valence-corrected chi connectivity index (χ4v) is 5.86. The first-order valence-corrected chi connectivity index (χ1v) is 13.0. The molecule has 1 unspecified atom stereocenters. The number of nitrogens with zero attached hydrogens (tertiary/aromatic N) is 1. The van der Waals surface area contributed by atoms with Crippen molar-refractivity contribution < 1.29 is 18.0 Å². The molecule has 0 spiro atoms. The molecule has 4 rings (SSSR count). The van der Waals surface area contributed by atoms with Crippen LogP contribution in [0.3, 0.4) is 0 Å². The van der Waals surface area contributed by atoms with Crippen LogP contribution in [0.4, 0.5) is 0 Å². The van der Waals surface area contributed by atoms with Crippen LogP contribution in [-0.2, 0) is 21.2 Å². The van der Waals surface area contributed by atoms with Gasteiger partial charge >= 0.3 is 0 Å². The lowest BCUT2D eigenvalue weighted by Gasteiger charge is -2.26. The number of benzene rings is 2. The second kappa shape index (κ2) is 10.1. The first kappa shape index (κ1) is 23.4. The van der Waals surface area contributed by atoms with Crippen LogP contribution < -0.4 is 10.6 Å². The molecule has 2 aromatic carbocycles. The van der Waals surface area contributed by atoms with Crippen molar-refractivity contribution in [3.8, 4) is 0 Å². The molecule has 0 radical (unpaired) electrons. The Morgan fingerprint density at radius 1 is 1.03 bits per heavy atom. The van der Waals surface area contributed by atoms with Gasteiger partial charge in [-0.15, -0.1) is 0 Å². The van der Waals surface area contributed by atoms with Gasteiger partial charge in [-0.2, -0.15) is 4.31 Å². The van der Waals surface area contributed by atoms with Crippen LogP contribution in [-0.4, -0.2) is 49.7 Å². The third-order valence-electron chi connectivity index (χ3n) is 6.21. The van der Waals surface area contributed by atoms with Crippen LogP contribution in [0.15, 0.2) is 53.4 Å². The molecule has 2 aliphatic rings. The van der Waals surface area contributed by atoms with E-state index in [2.05, 4.69) is 10.6 Å². The molecular weight excluding hydrogens is 438 g/mol. The summed E-state index contributed by atoms with van der Waals surface area (Å²) in [5.41, 5.74) is 1.77. The van der Waals surface area contributed by atoms with Crippen molar-refractivity contribution in [1.82, 2.24) is 14.9 Å². The first-order chi connectivity index (χ1) is 15.8. The minimum absolute atomic E-state index is 0.152. The molecule has 2 amide bonds. The highest BCUT2D eigenvalue weighted by Crippen LogP contribution is 2.24. The van der Waals surface area contributed by atoms with Crippen molar-refractivity contribution >= 4 is 21.8 Å². The van der Waals surface area contributed by atoms with Crippen molar-refractivity contribution in [2.75, 3.05) is 13.1 Å². The highest BCUT2D eigenvalue weighted by Gasteiger charge is 2.30. The smallest absolute Gasteiger partial charge is 0.251 e. The molecule has 1 atom stereocenters. The summed E-state index contributed by atoms with van der Waals surface area (Å²) in [6.07, 6.45) is 4.97. The lowest BCUT2D eigenvalue weighted by atomic mass is 10.0. The van der Waals surface area contributed by atoms with Crippen LogP contribution in [0.5, 0.6) is 0 Å². The molecule has 2 aromatic rings. The Kier molecular flexibility index (Phi) is 7.14. The highest BCUT2D eigenvalue weighted by molar-refractivity contribution is 7.89. The number of carbonyl (C=O) groups is 2. The van der Waals surface area contributed by atoms with E-state index >= 15 is 0 Å². The molecule has 7 nitrogen and oxygen atoms in total. The van der Waals surface area contributed by atoms with Gasteiger partial charge in [0.2, 0.25) is 15.9 Å². The van der Waals surface area contributed by atoms with Gasteiger partial charge in [-0.3, -0.25) is 9.59 Å². The predicted octanol–water partition coefficient (Wildman–Crippen LogP) is 2.79. The lowest BCUT2D eigenvalue weighted by molar-refractivity contribution is -0.123. The van der Waals surface area contributed by atoms with Gasteiger partial charge in [-0.25, -0.2) is 8.42 Å². The van der Waals surface area contributed by atoms with E-state index in [4.69, 9.17) is 0 Å². The highest BCUT2D eigenvalue weighted by atomic mass is 32.2. The van der Waals surface area contributed by atoms with E-state index in [-0.39, 0.29) is 22.4 Å². The van der Waals surface area contributed by atoms with E-state index in [1.165, 1.54) is 10.4 Å². The Morgan fingerprint density at radius 3 is 2.39 bits per heavy atom. The number of amides is 2. The van der Waals surface area contributed by atoms with Crippen LogP contribution >= 0.6 is 0 Å². The number of nitrogens with one attached hydrogen (secondary N) is 2. The summed E-state index contributed by atoms with van der Waals surface area (Å²) in [6, 6.07) is 13.6. The summed E-state index contributed by atoms with van der Waals surface area (Å²) in [7, 11) is -3.68. The zero-order valence-corrected chi connectivity index (χ0v) is 19.7. The van der Waals surface area contributed by atoms with Crippen molar-refractivity contribution in [3.05, 3.63) is 65.2 Å². The third-order valence-corrected chi connectivity index (χ3v) is 8.25. The molecular formula is C25H31N3O4S. The second-order valence-corrected chi connectivity index (χ2v) is 10.9. The number of sulfonamides is 1. The third kappa shape index (κ3) is 5.81. The second-order valence-electron chi connectivity index (χ2n) is 8.94. The average molecular weight is 470 g/mol. The zero-order valence-electron chi connectivity index (χ0n) is 18.9. The summed E-state index contributed by atoms with van der Waals surface area (Å²) in [5.74, 6) is -0.681. The maximum absolute atomic E-state index is 13.2. The maximum Gasteiger partial charge on any atom is 0.251 e. The summed E-state index contributed by atoms with van der Waals surface area (Å²) in [5, 5.41) is 5.80. The predicted molar refractivity (Wildman–Crippen MR) is 126 cm³/mol. The van der Waals surface area contributed by atoms with Gasteiger partial charge in [0.1, 0.15) is 6.04 Å². The molecule has 0 aromatic heterocycles. The van der Waals surface area contributed by atoms with E-state index in [9.17, 15) is 18.0 Å². The molecule has 176 valence electrons. The van der Waals surface area contributed by atoms with Crippen LogP contribution in [0.2, 0.25) is 0 Å². The van der Waals surface area contributed by atoms with Gasteiger partial charge in [0.15, 0.2) is 0 Å². The lowest BCUT2D eigenvalue weighted by Crippen LogP contribution is -2.48. The number of piperidine rings is 1. The fraction of sp³-hybridized carbons (Fsp3) is 0.440. The molecule has 8 heteroatoms. The first-order valence-electron chi connectivity index (χ1n) is 11.6. The van der Waals surface area contributed by atoms with E-state index in [0.29, 0.717) is 25.1 Å². The van der Waals surface area contributed by atoms with Crippen molar-refractivity contribution in [1.29, 1.82) is 0 Å². The quantitative estimate of drug-likeness (QED) is 0.622. The van der Waals surface area contributed by atoms with Crippen molar-refractivity contribution in [2.45, 2.75) is 62.4 Å². The van der Waals surface area contributed by atoms with E-state index < -0.39 is 22.0 Å². The SMILES string of the molecule is Cc1ccc(C(=O)NC(Cc2ccccc2)C(=O)NC2CC2)cc1S(=O)(=O)N1CCCCC1. The minimum atomic E-state index is -3.68. The number of aryl methyl sites for hydroxylation is 1. The van der Waals surface area contributed by atoms with E-state index in [1.54, 1.807) is 19.1 Å². The fourth-order valence-electron chi connectivity index (χ4n) is 4.09. The van der Waals surface area contributed by atoms with Gasteiger partial charge in [-0.05, 0) is 55.9 Å². The molecule has 1 saturated carbocycles. The largest absolute Gasteiger partial charge is 0.352 e. The summed E-state index contributed by atoms with van der Waals surface area (Å²) < 4.78 is 27.9. The normalized spacial score (nSPS) is 17.8. The van der Waals surface area contributed by atoms with Gasteiger partial charge < -0.3 is 10.6 Å². The van der Waals surface area contributed by atoms with Gasteiger partial charge in [0.05, 0.1) is 4.90 Å². The summed E-state index contributed by atoms with van der Waals surface area (Å²) in [6.45, 7) is 2.73.